The molecule has 2 aliphatic heterocycles. The number of rotatable bonds is 12. The summed E-state index contributed by atoms with van der Waals surface area (Å²) >= 11 is 0. The lowest BCUT2D eigenvalue weighted by atomic mass is 9.92. The zero-order valence-corrected chi connectivity index (χ0v) is 21.1. The number of nitrogens with zero attached hydrogens (tertiary/aromatic N) is 1. The summed E-state index contributed by atoms with van der Waals surface area (Å²) in [4.78, 5) is 27.5. The Morgan fingerprint density at radius 2 is 2.12 bits per heavy atom. The largest absolute Gasteiger partial charge is 0.378 e. The number of halogens is 1. The van der Waals surface area contributed by atoms with Crippen molar-refractivity contribution in [3.8, 4) is 0 Å². The van der Waals surface area contributed by atoms with Crippen LogP contribution in [0.5, 0.6) is 0 Å². The molecule has 3 rings (SSSR count). The fourth-order valence-electron chi connectivity index (χ4n) is 5.32. The summed E-state index contributed by atoms with van der Waals surface area (Å²) < 4.78 is 19.9. The minimum atomic E-state index is -0.318. The first kappa shape index (κ1) is 26.6. The van der Waals surface area contributed by atoms with E-state index in [1.54, 1.807) is 6.07 Å². The van der Waals surface area contributed by atoms with Crippen LogP contribution in [0.4, 0.5) is 4.39 Å². The average Bonchev–Trinajstić information content (AvgIpc) is 3.14. The molecule has 1 aromatic rings. The van der Waals surface area contributed by atoms with Gasteiger partial charge in [0, 0.05) is 38.2 Å². The van der Waals surface area contributed by atoms with Crippen molar-refractivity contribution >= 4 is 11.8 Å². The number of hydrogen-bond donors (Lipinski definition) is 2. The van der Waals surface area contributed by atoms with Gasteiger partial charge in [0.15, 0.2) is 0 Å². The molecule has 2 aliphatic rings. The number of amides is 2. The Labute approximate surface area is 204 Å². The summed E-state index contributed by atoms with van der Waals surface area (Å²) in [5.41, 5.74) is 1.75. The Morgan fingerprint density at radius 3 is 2.85 bits per heavy atom. The van der Waals surface area contributed by atoms with Crippen LogP contribution in [-0.2, 0) is 20.7 Å². The number of ether oxygens (including phenoxy) is 1. The number of likely N-dealkylation sites (tertiary alicyclic amines) is 1. The quantitative estimate of drug-likeness (QED) is 0.452. The molecule has 6 nitrogen and oxygen atoms in total. The van der Waals surface area contributed by atoms with Crippen molar-refractivity contribution in [2.24, 2.45) is 5.92 Å². The maximum Gasteiger partial charge on any atom is 0.225 e. The predicted octanol–water partition coefficient (Wildman–Crippen LogP) is 3.75. The molecule has 2 N–H and O–H groups in total. The number of carbonyl (C=O) groups is 2. The van der Waals surface area contributed by atoms with E-state index in [2.05, 4.69) is 17.6 Å². The lowest BCUT2D eigenvalue weighted by molar-refractivity contribution is -0.129. The van der Waals surface area contributed by atoms with Gasteiger partial charge in [-0.05, 0) is 75.8 Å². The van der Waals surface area contributed by atoms with Gasteiger partial charge in [-0.1, -0.05) is 25.8 Å². The van der Waals surface area contributed by atoms with Gasteiger partial charge in [0.1, 0.15) is 5.82 Å². The number of piperidine rings is 1. The first-order chi connectivity index (χ1) is 16.4. The summed E-state index contributed by atoms with van der Waals surface area (Å²) in [6, 6.07) is 5.13. The highest BCUT2D eigenvalue weighted by Gasteiger charge is 2.35. The highest BCUT2D eigenvalue weighted by Crippen LogP contribution is 2.22. The lowest BCUT2D eigenvalue weighted by Crippen LogP contribution is -2.48. The first-order valence-corrected chi connectivity index (χ1v) is 13.1. The fraction of sp³-hybridized carbons (Fsp3) is 0.704. The van der Waals surface area contributed by atoms with Crippen LogP contribution in [-0.4, -0.2) is 61.1 Å². The number of unbranched alkanes of at least 4 members (excludes halogenated alkanes) is 2. The van der Waals surface area contributed by atoms with Gasteiger partial charge in [0.2, 0.25) is 11.8 Å². The minimum absolute atomic E-state index is 0.0679. The lowest BCUT2D eigenvalue weighted by Gasteiger charge is -2.33. The van der Waals surface area contributed by atoms with Gasteiger partial charge >= 0.3 is 0 Å². The number of aryl methyl sites for hydroxylation is 1. The Bertz CT molecular complexity index is 796. The molecule has 0 bridgehead atoms. The molecule has 2 amide bonds. The Balaban J connectivity index is 1.65. The molecule has 190 valence electrons. The van der Waals surface area contributed by atoms with E-state index in [0.29, 0.717) is 19.6 Å². The Morgan fingerprint density at radius 1 is 1.29 bits per heavy atom. The summed E-state index contributed by atoms with van der Waals surface area (Å²) in [5, 5.41) is 6.79. The first-order valence-electron chi connectivity index (χ1n) is 13.1. The van der Waals surface area contributed by atoms with Crippen molar-refractivity contribution in [1.82, 2.24) is 15.5 Å². The minimum Gasteiger partial charge on any atom is -0.378 e. The molecule has 0 saturated carbocycles. The van der Waals surface area contributed by atoms with Crippen LogP contribution in [0.1, 0.15) is 69.9 Å². The van der Waals surface area contributed by atoms with Gasteiger partial charge in [-0.25, -0.2) is 4.39 Å². The third-order valence-corrected chi connectivity index (χ3v) is 6.97. The predicted molar refractivity (Wildman–Crippen MR) is 132 cm³/mol. The number of benzene rings is 1. The molecule has 2 saturated heterocycles. The highest BCUT2D eigenvalue weighted by atomic mass is 19.1. The molecule has 2 fully saturated rings. The van der Waals surface area contributed by atoms with Crippen LogP contribution in [0.3, 0.4) is 0 Å². The van der Waals surface area contributed by atoms with Crippen molar-refractivity contribution < 1.29 is 18.7 Å². The van der Waals surface area contributed by atoms with E-state index in [0.717, 1.165) is 62.7 Å². The molecule has 1 unspecified atom stereocenters. The molecule has 0 spiro atoms. The number of carbonyl (C=O) groups excluding carboxylic acids is 2. The van der Waals surface area contributed by atoms with Crippen molar-refractivity contribution in [3.63, 3.8) is 0 Å². The summed E-state index contributed by atoms with van der Waals surface area (Å²) in [6.45, 7) is 8.85. The van der Waals surface area contributed by atoms with Gasteiger partial charge in [0.05, 0.1) is 12.0 Å². The van der Waals surface area contributed by atoms with Gasteiger partial charge in [0.25, 0.3) is 0 Å². The van der Waals surface area contributed by atoms with Gasteiger partial charge in [-0.15, -0.1) is 0 Å². The SMILES string of the molecule is CCCCCN1C[C@@H](C(=O)NC(Cc2cc(C)cc(F)c2)C[C@H]2C[C@@H](OCC)CCN2)CC1=O. The molecular weight excluding hydrogens is 433 g/mol. The second-order valence-electron chi connectivity index (χ2n) is 9.98. The van der Waals surface area contributed by atoms with Crippen molar-refractivity contribution in [2.75, 3.05) is 26.2 Å². The van der Waals surface area contributed by atoms with Gasteiger partial charge in [-0.3, -0.25) is 9.59 Å². The Kier molecular flexibility index (Phi) is 10.3. The van der Waals surface area contributed by atoms with Crippen molar-refractivity contribution in [3.05, 3.63) is 35.1 Å². The summed E-state index contributed by atoms with van der Waals surface area (Å²) in [5.74, 6) is -0.568. The molecule has 7 heteroatoms. The maximum atomic E-state index is 14.0. The second kappa shape index (κ2) is 13.2. The van der Waals surface area contributed by atoms with E-state index < -0.39 is 0 Å². The van der Waals surface area contributed by atoms with Gasteiger partial charge < -0.3 is 20.3 Å². The van der Waals surface area contributed by atoms with E-state index in [9.17, 15) is 14.0 Å². The van der Waals surface area contributed by atoms with E-state index in [-0.39, 0.29) is 48.2 Å². The Hall–Kier alpha value is -1.99. The van der Waals surface area contributed by atoms with E-state index >= 15 is 0 Å². The molecule has 1 aromatic carbocycles. The van der Waals surface area contributed by atoms with E-state index in [1.165, 1.54) is 6.07 Å². The molecule has 4 atom stereocenters. The molecule has 34 heavy (non-hydrogen) atoms. The fourth-order valence-corrected chi connectivity index (χ4v) is 5.32. The number of hydrogen-bond acceptors (Lipinski definition) is 4. The third-order valence-electron chi connectivity index (χ3n) is 6.97. The third kappa shape index (κ3) is 8.05. The zero-order valence-electron chi connectivity index (χ0n) is 21.1. The van der Waals surface area contributed by atoms with E-state index in [4.69, 9.17) is 4.74 Å². The van der Waals surface area contributed by atoms with Crippen LogP contribution >= 0.6 is 0 Å². The van der Waals surface area contributed by atoms with Crippen molar-refractivity contribution in [2.45, 2.75) is 90.3 Å². The topological polar surface area (TPSA) is 70.7 Å². The van der Waals surface area contributed by atoms with Gasteiger partial charge in [-0.2, -0.15) is 0 Å². The molecular formula is C27H42FN3O3. The van der Waals surface area contributed by atoms with Crippen LogP contribution < -0.4 is 10.6 Å². The van der Waals surface area contributed by atoms with Crippen LogP contribution in [0.2, 0.25) is 0 Å². The summed E-state index contributed by atoms with van der Waals surface area (Å²) in [7, 11) is 0. The monoisotopic (exact) mass is 475 g/mol. The van der Waals surface area contributed by atoms with Crippen LogP contribution in [0.15, 0.2) is 18.2 Å². The highest BCUT2D eigenvalue weighted by molar-refractivity contribution is 5.89. The molecule has 2 heterocycles. The summed E-state index contributed by atoms with van der Waals surface area (Å²) in [6.07, 6.45) is 6.86. The normalized spacial score (nSPS) is 23.8. The standard InChI is InChI=1S/C27H42FN3O3/c1-4-6-7-10-31-18-21(15-26(31)32)27(33)30-24(14-20-11-19(3)12-22(28)13-20)16-23-17-25(34-5-2)8-9-29-23/h11-13,21,23-25,29H,4-10,14-18H2,1-3H3,(H,30,33)/t21-,23-,24?,25-/m0/s1. The molecule has 0 radical (unpaired) electrons. The van der Waals surface area contributed by atoms with Crippen LogP contribution in [0, 0.1) is 18.7 Å². The second-order valence-corrected chi connectivity index (χ2v) is 9.98. The zero-order chi connectivity index (χ0) is 24.5. The number of nitrogens with one attached hydrogen (secondary N) is 2. The molecule has 0 aliphatic carbocycles. The van der Waals surface area contributed by atoms with Crippen LogP contribution in [0.25, 0.3) is 0 Å². The average molecular weight is 476 g/mol. The molecule has 0 aromatic heterocycles. The van der Waals surface area contributed by atoms with E-state index in [1.807, 2.05) is 24.8 Å². The smallest absolute Gasteiger partial charge is 0.225 e. The van der Waals surface area contributed by atoms with Crippen molar-refractivity contribution in [1.29, 1.82) is 0 Å². The maximum absolute atomic E-state index is 14.0.